The van der Waals surface area contributed by atoms with Gasteiger partial charge >= 0.3 is 0 Å². The predicted octanol–water partition coefficient (Wildman–Crippen LogP) is 4.76. The number of hydrogen-bond donors (Lipinski definition) is 1. The Labute approximate surface area is 124 Å². The Morgan fingerprint density at radius 1 is 1.39 bits per heavy atom. The number of hydrogen-bond acceptors (Lipinski definition) is 3. The van der Waals surface area contributed by atoms with Gasteiger partial charge in [0.1, 0.15) is 0 Å². The van der Waals surface area contributed by atoms with E-state index in [-0.39, 0.29) is 0 Å². The van der Waals surface area contributed by atoms with Crippen LogP contribution in [0.4, 0.5) is 0 Å². The minimum absolute atomic E-state index is 0.353. The Kier molecular flexibility index (Phi) is 3.89. The largest absolute Gasteiger partial charge is 0.306 e. The van der Waals surface area contributed by atoms with Crippen molar-refractivity contribution in [3.8, 4) is 0 Å². The summed E-state index contributed by atoms with van der Waals surface area (Å²) >= 11 is 7.43. The van der Waals surface area contributed by atoms with Crippen LogP contribution in [0.2, 0.25) is 0 Å². The molecule has 0 saturated carbocycles. The van der Waals surface area contributed by atoms with Crippen LogP contribution in [0.5, 0.6) is 0 Å². The van der Waals surface area contributed by atoms with E-state index in [2.05, 4.69) is 45.0 Å². The highest BCUT2D eigenvalue weighted by molar-refractivity contribution is 9.10. The van der Waals surface area contributed by atoms with Crippen LogP contribution in [0.3, 0.4) is 0 Å². The van der Waals surface area contributed by atoms with Gasteiger partial charge < -0.3 is 5.32 Å². The van der Waals surface area contributed by atoms with E-state index in [0.717, 1.165) is 6.54 Å². The smallest absolute Gasteiger partial charge is 0.0690 e. The van der Waals surface area contributed by atoms with Gasteiger partial charge in [-0.3, -0.25) is 0 Å². The number of aryl methyl sites for hydroxylation is 2. The van der Waals surface area contributed by atoms with Gasteiger partial charge in [0, 0.05) is 19.6 Å². The number of nitrogens with one attached hydrogen (secondary N) is 1. The average Bonchev–Trinajstić information content (AvgIpc) is 3.00. The molecular weight excluding hydrogens is 326 g/mol. The number of rotatable bonds is 4. The topological polar surface area (TPSA) is 12.0 Å². The Morgan fingerprint density at radius 3 is 2.94 bits per heavy atom. The zero-order chi connectivity index (χ0) is 12.5. The summed E-state index contributed by atoms with van der Waals surface area (Å²) < 4.78 is 1.23. The van der Waals surface area contributed by atoms with Crippen molar-refractivity contribution >= 4 is 38.6 Å². The second-order valence-electron chi connectivity index (χ2n) is 4.62. The first-order valence-electron chi connectivity index (χ1n) is 6.36. The minimum Gasteiger partial charge on any atom is -0.306 e. The maximum absolute atomic E-state index is 3.67. The standard InChI is InChI=1S/C14H16BrNS2/c1-2-16-14(10-7-17-8-11(10)15)13-6-9-4-3-5-12(9)18-13/h6-8,14,16H,2-5H2,1H3. The monoisotopic (exact) mass is 341 g/mol. The van der Waals surface area contributed by atoms with E-state index in [4.69, 9.17) is 0 Å². The molecule has 4 heteroatoms. The molecule has 1 N–H and O–H groups in total. The van der Waals surface area contributed by atoms with Crippen molar-refractivity contribution < 1.29 is 0 Å². The van der Waals surface area contributed by atoms with Crippen molar-refractivity contribution in [2.24, 2.45) is 0 Å². The lowest BCUT2D eigenvalue weighted by Crippen LogP contribution is -2.20. The van der Waals surface area contributed by atoms with Gasteiger partial charge in [-0.15, -0.1) is 11.3 Å². The quantitative estimate of drug-likeness (QED) is 0.845. The van der Waals surface area contributed by atoms with Crippen molar-refractivity contribution in [3.05, 3.63) is 42.2 Å². The lowest BCUT2D eigenvalue weighted by Gasteiger charge is -2.16. The summed E-state index contributed by atoms with van der Waals surface area (Å²) in [6.07, 6.45) is 3.90. The lowest BCUT2D eigenvalue weighted by molar-refractivity contribution is 0.639. The van der Waals surface area contributed by atoms with Gasteiger partial charge in [-0.25, -0.2) is 0 Å². The maximum Gasteiger partial charge on any atom is 0.0690 e. The molecular formula is C14H16BrNS2. The van der Waals surface area contributed by atoms with E-state index >= 15 is 0 Å². The van der Waals surface area contributed by atoms with Crippen LogP contribution in [-0.2, 0) is 12.8 Å². The predicted molar refractivity (Wildman–Crippen MR) is 83.9 cm³/mol. The molecule has 2 aromatic heterocycles. The van der Waals surface area contributed by atoms with Crippen LogP contribution in [-0.4, -0.2) is 6.54 Å². The van der Waals surface area contributed by atoms with E-state index in [1.807, 2.05) is 11.3 Å². The highest BCUT2D eigenvalue weighted by atomic mass is 79.9. The average molecular weight is 342 g/mol. The van der Waals surface area contributed by atoms with E-state index in [1.54, 1.807) is 21.8 Å². The summed E-state index contributed by atoms with van der Waals surface area (Å²) in [5, 5.41) is 8.04. The summed E-state index contributed by atoms with van der Waals surface area (Å²) in [5.74, 6) is 0. The van der Waals surface area contributed by atoms with Gasteiger partial charge in [-0.1, -0.05) is 6.92 Å². The maximum atomic E-state index is 3.67. The molecule has 0 aliphatic heterocycles. The molecule has 1 atom stereocenters. The summed E-state index contributed by atoms with van der Waals surface area (Å²) in [6, 6.07) is 2.77. The van der Waals surface area contributed by atoms with E-state index in [1.165, 1.54) is 34.2 Å². The van der Waals surface area contributed by atoms with Crippen molar-refractivity contribution in [3.63, 3.8) is 0 Å². The summed E-state index contributed by atoms with van der Waals surface area (Å²) in [7, 11) is 0. The molecule has 1 aliphatic rings. The van der Waals surface area contributed by atoms with Crippen LogP contribution in [0.25, 0.3) is 0 Å². The van der Waals surface area contributed by atoms with E-state index in [9.17, 15) is 0 Å². The molecule has 0 bridgehead atoms. The number of halogens is 1. The van der Waals surface area contributed by atoms with Crippen LogP contribution >= 0.6 is 38.6 Å². The Morgan fingerprint density at radius 2 is 2.28 bits per heavy atom. The first-order valence-corrected chi connectivity index (χ1v) is 8.91. The fraction of sp³-hybridized carbons (Fsp3) is 0.429. The molecule has 0 amide bonds. The van der Waals surface area contributed by atoms with Crippen molar-refractivity contribution in [2.45, 2.75) is 32.2 Å². The molecule has 0 saturated heterocycles. The van der Waals surface area contributed by atoms with Gasteiger partial charge in [-0.05, 0) is 64.3 Å². The molecule has 0 fully saturated rings. The Hall–Kier alpha value is -0.160. The summed E-state index contributed by atoms with van der Waals surface area (Å²) in [6.45, 7) is 3.17. The van der Waals surface area contributed by atoms with Gasteiger partial charge in [0.2, 0.25) is 0 Å². The molecule has 1 nitrogen and oxygen atoms in total. The normalized spacial score (nSPS) is 15.9. The summed E-state index contributed by atoms with van der Waals surface area (Å²) in [5.41, 5.74) is 2.96. The first kappa shape index (κ1) is 12.9. The van der Waals surface area contributed by atoms with Crippen molar-refractivity contribution in [2.75, 3.05) is 6.54 Å². The zero-order valence-electron chi connectivity index (χ0n) is 10.3. The van der Waals surface area contributed by atoms with Gasteiger partial charge in [0.05, 0.1) is 6.04 Å². The van der Waals surface area contributed by atoms with Gasteiger partial charge in [0.15, 0.2) is 0 Å². The molecule has 0 aromatic carbocycles. The molecule has 2 heterocycles. The highest BCUT2D eigenvalue weighted by Crippen LogP contribution is 2.38. The highest BCUT2D eigenvalue weighted by Gasteiger charge is 2.22. The Bertz CT molecular complexity index is 522. The fourth-order valence-corrected chi connectivity index (χ4v) is 5.46. The third-order valence-electron chi connectivity index (χ3n) is 3.41. The summed E-state index contributed by atoms with van der Waals surface area (Å²) in [4.78, 5) is 3.08. The van der Waals surface area contributed by atoms with Crippen LogP contribution in [0, 0.1) is 0 Å². The molecule has 1 unspecified atom stereocenters. The van der Waals surface area contributed by atoms with Crippen LogP contribution < -0.4 is 5.32 Å². The molecule has 18 heavy (non-hydrogen) atoms. The van der Waals surface area contributed by atoms with Gasteiger partial charge in [-0.2, -0.15) is 11.3 Å². The fourth-order valence-electron chi connectivity index (χ4n) is 2.56. The molecule has 0 radical (unpaired) electrons. The molecule has 0 spiro atoms. The number of thiophene rings is 2. The minimum atomic E-state index is 0.353. The van der Waals surface area contributed by atoms with Crippen LogP contribution in [0.15, 0.2) is 21.3 Å². The lowest BCUT2D eigenvalue weighted by atomic mass is 10.1. The van der Waals surface area contributed by atoms with E-state index < -0.39 is 0 Å². The SMILES string of the molecule is CCNC(c1cc2c(s1)CCC2)c1cscc1Br. The van der Waals surface area contributed by atoms with Crippen LogP contribution in [0.1, 0.15) is 40.3 Å². The molecule has 1 aliphatic carbocycles. The first-order chi connectivity index (χ1) is 8.79. The molecule has 3 rings (SSSR count). The molecule has 96 valence electrons. The second-order valence-corrected chi connectivity index (χ2v) is 7.38. The Balaban J connectivity index is 1.96. The van der Waals surface area contributed by atoms with Crippen molar-refractivity contribution in [1.29, 1.82) is 0 Å². The third-order valence-corrected chi connectivity index (χ3v) is 6.47. The second kappa shape index (κ2) is 5.45. The van der Waals surface area contributed by atoms with Gasteiger partial charge in [0.25, 0.3) is 0 Å². The zero-order valence-corrected chi connectivity index (χ0v) is 13.6. The van der Waals surface area contributed by atoms with Crippen molar-refractivity contribution in [1.82, 2.24) is 5.32 Å². The number of fused-ring (bicyclic) bond motifs is 1. The molecule has 2 aromatic rings. The van der Waals surface area contributed by atoms with E-state index in [0.29, 0.717) is 6.04 Å². The third kappa shape index (κ3) is 2.31.